The molecule has 2 aromatic heterocycles. The Labute approximate surface area is 111 Å². The summed E-state index contributed by atoms with van der Waals surface area (Å²) in [6, 6.07) is 2.02. The number of fused-ring (bicyclic) bond motifs is 1. The zero-order valence-corrected chi connectivity index (χ0v) is 11.1. The van der Waals surface area contributed by atoms with E-state index >= 15 is 0 Å². The Bertz CT molecular complexity index is 567. The second-order valence-electron chi connectivity index (χ2n) is 5.21. The Kier molecular flexibility index (Phi) is 3.33. The third-order valence-electron chi connectivity index (χ3n) is 3.69. The SMILES string of the molecule is Cc1cc(NC2CCCCCC2O)n2ncnc2n1. The third kappa shape index (κ3) is 2.53. The van der Waals surface area contributed by atoms with Gasteiger partial charge < -0.3 is 10.4 Å². The molecule has 2 aromatic rings. The van der Waals surface area contributed by atoms with Crippen molar-refractivity contribution in [3.05, 3.63) is 18.1 Å². The highest BCUT2D eigenvalue weighted by molar-refractivity contribution is 5.45. The van der Waals surface area contributed by atoms with Gasteiger partial charge in [0.05, 0.1) is 12.1 Å². The van der Waals surface area contributed by atoms with Crippen LogP contribution in [-0.4, -0.2) is 36.8 Å². The lowest BCUT2D eigenvalue weighted by molar-refractivity contribution is 0.144. The molecule has 19 heavy (non-hydrogen) atoms. The first-order valence-electron chi connectivity index (χ1n) is 6.86. The molecule has 0 aromatic carbocycles. The molecule has 1 fully saturated rings. The van der Waals surface area contributed by atoms with Crippen molar-refractivity contribution in [1.29, 1.82) is 0 Å². The summed E-state index contributed by atoms with van der Waals surface area (Å²) in [7, 11) is 0. The van der Waals surface area contributed by atoms with Gasteiger partial charge in [0.1, 0.15) is 12.1 Å². The Balaban J connectivity index is 1.89. The summed E-state index contributed by atoms with van der Waals surface area (Å²) in [5, 5.41) is 17.8. The van der Waals surface area contributed by atoms with Crippen molar-refractivity contribution in [3.63, 3.8) is 0 Å². The number of hydrogen-bond acceptors (Lipinski definition) is 5. The normalized spacial score (nSPS) is 24.3. The maximum Gasteiger partial charge on any atom is 0.254 e. The van der Waals surface area contributed by atoms with E-state index in [-0.39, 0.29) is 12.1 Å². The summed E-state index contributed by atoms with van der Waals surface area (Å²) < 4.78 is 1.69. The minimum absolute atomic E-state index is 0.0803. The quantitative estimate of drug-likeness (QED) is 0.802. The Morgan fingerprint density at radius 1 is 1.32 bits per heavy atom. The Morgan fingerprint density at radius 3 is 3.05 bits per heavy atom. The lowest BCUT2D eigenvalue weighted by Crippen LogP contribution is -2.33. The average Bonchev–Trinajstić information content (AvgIpc) is 2.75. The molecule has 0 bridgehead atoms. The van der Waals surface area contributed by atoms with Gasteiger partial charge in [-0.25, -0.2) is 4.98 Å². The Morgan fingerprint density at radius 2 is 2.16 bits per heavy atom. The van der Waals surface area contributed by atoms with Crippen molar-refractivity contribution in [1.82, 2.24) is 19.6 Å². The first kappa shape index (κ1) is 12.3. The van der Waals surface area contributed by atoms with Crippen LogP contribution in [0.4, 0.5) is 5.82 Å². The third-order valence-corrected chi connectivity index (χ3v) is 3.69. The lowest BCUT2D eigenvalue weighted by atomic mass is 10.1. The number of rotatable bonds is 2. The van der Waals surface area contributed by atoms with E-state index in [2.05, 4.69) is 20.4 Å². The van der Waals surface area contributed by atoms with E-state index in [1.54, 1.807) is 4.52 Å². The van der Waals surface area contributed by atoms with E-state index in [0.717, 1.165) is 37.2 Å². The molecule has 0 radical (unpaired) electrons. The second kappa shape index (κ2) is 5.13. The summed E-state index contributed by atoms with van der Waals surface area (Å²) in [5.41, 5.74) is 0.895. The molecule has 2 heterocycles. The van der Waals surface area contributed by atoms with E-state index in [1.165, 1.54) is 12.7 Å². The minimum atomic E-state index is -0.297. The maximum atomic E-state index is 10.2. The van der Waals surface area contributed by atoms with Gasteiger partial charge in [0, 0.05) is 11.8 Å². The van der Waals surface area contributed by atoms with E-state index in [0.29, 0.717) is 5.78 Å². The molecule has 3 rings (SSSR count). The molecule has 0 amide bonds. The number of aromatic nitrogens is 4. The van der Waals surface area contributed by atoms with Gasteiger partial charge in [-0.05, 0) is 19.8 Å². The number of aliphatic hydroxyl groups is 1. The lowest BCUT2D eigenvalue weighted by Gasteiger charge is -2.23. The van der Waals surface area contributed by atoms with Gasteiger partial charge >= 0.3 is 0 Å². The van der Waals surface area contributed by atoms with E-state index in [4.69, 9.17) is 0 Å². The summed E-state index contributed by atoms with van der Waals surface area (Å²) in [6.07, 6.45) is 6.50. The van der Waals surface area contributed by atoms with Gasteiger partial charge in [0.25, 0.3) is 5.78 Å². The van der Waals surface area contributed by atoms with Gasteiger partial charge in [-0.2, -0.15) is 14.6 Å². The summed E-state index contributed by atoms with van der Waals surface area (Å²) in [4.78, 5) is 8.42. The van der Waals surface area contributed by atoms with Crippen LogP contribution in [0.15, 0.2) is 12.4 Å². The highest BCUT2D eigenvalue weighted by Crippen LogP contribution is 2.22. The Hall–Kier alpha value is -1.69. The van der Waals surface area contributed by atoms with Crippen molar-refractivity contribution in [2.24, 2.45) is 0 Å². The van der Waals surface area contributed by atoms with E-state index in [1.807, 2.05) is 13.0 Å². The first-order chi connectivity index (χ1) is 9.24. The van der Waals surface area contributed by atoms with Crippen LogP contribution in [0.2, 0.25) is 0 Å². The molecule has 2 N–H and O–H groups in total. The van der Waals surface area contributed by atoms with Gasteiger partial charge in [0.15, 0.2) is 0 Å². The molecule has 0 spiro atoms. The van der Waals surface area contributed by atoms with Gasteiger partial charge in [0.2, 0.25) is 0 Å². The molecule has 6 nitrogen and oxygen atoms in total. The fraction of sp³-hybridized carbons (Fsp3) is 0.615. The van der Waals surface area contributed by atoms with Crippen LogP contribution < -0.4 is 5.32 Å². The molecule has 6 heteroatoms. The molecule has 0 aliphatic heterocycles. The number of hydrogen-bond donors (Lipinski definition) is 2. The fourth-order valence-corrected chi connectivity index (χ4v) is 2.68. The number of nitrogens with zero attached hydrogens (tertiary/aromatic N) is 4. The first-order valence-corrected chi connectivity index (χ1v) is 6.86. The summed E-state index contributed by atoms with van der Waals surface area (Å²) >= 11 is 0. The molecule has 1 aliphatic carbocycles. The molecule has 2 atom stereocenters. The molecular formula is C13H19N5O. The molecule has 1 saturated carbocycles. The van der Waals surface area contributed by atoms with Crippen LogP contribution in [0, 0.1) is 6.92 Å². The number of anilines is 1. The second-order valence-corrected chi connectivity index (χ2v) is 5.21. The van der Waals surface area contributed by atoms with Crippen molar-refractivity contribution < 1.29 is 5.11 Å². The van der Waals surface area contributed by atoms with Crippen molar-refractivity contribution in [3.8, 4) is 0 Å². The smallest absolute Gasteiger partial charge is 0.254 e. The largest absolute Gasteiger partial charge is 0.391 e. The van der Waals surface area contributed by atoms with E-state index < -0.39 is 0 Å². The van der Waals surface area contributed by atoms with E-state index in [9.17, 15) is 5.11 Å². The van der Waals surface area contributed by atoms with Crippen molar-refractivity contribution >= 4 is 11.6 Å². The van der Waals surface area contributed by atoms with Crippen LogP contribution in [0.5, 0.6) is 0 Å². The zero-order valence-electron chi connectivity index (χ0n) is 11.1. The van der Waals surface area contributed by atoms with Crippen LogP contribution in [0.1, 0.15) is 37.8 Å². The molecule has 0 saturated heterocycles. The number of aryl methyl sites for hydroxylation is 1. The molecule has 102 valence electrons. The van der Waals surface area contributed by atoms with Crippen LogP contribution in [0.3, 0.4) is 0 Å². The van der Waals surface area contributed by atoms with Gasteiger partial charge in [-0.1, -0.05) is 19.3 Å². The van der Waals surface area contributed by atoms with Crippen molar-refractivity contribution in [2.45, 2.75) is 51.2 Å². The predicted octanol–water partition coefficient (Wildman–Crippen LogP) is 1.54. The minimum Gasteiger partial charge on any atom is -0.391 e. The molecule has 1 aliphatic rings. The standard InChI is InChI=1S/C13H19N5O/c1-9-7-12(18-13(16-9)14-8-15-18)17-10-5-3-2-4-6-11(10)19/h7-8,10-11,17,19H,2-6H2,1H3. The average molecular weight is 261 g/mol. The van der Waals surface area contributed by atoms with Crippen molar-refractivity contribution in [2.75, 3.05) is 5.32 Å². The molecular weight excluding hydrogens is 242 g/mol. The molecule has 2 unspecified atom stereocenters. The van der Waals surface area contributed by atoms with Crippen LogP contribution in [-0.2, 0) is 0 Å². The predicted molar refractivity (Wildman–Crippen MR) is 72.0 cm³/mol. The highest BCUT2D eigenvalue weighted by Gasteiger charge is 2.22. The highest BCUT2D eigenvalue weighted by atomic mass is 16.3. The topological polar surface area (TPSA) is 75.3 Å². The number of aliphatic hydroxyl groups excluding tert-OH is 1. The summed E-state index contributed by atoms with van der Waals surface area (Å²) in [5.74, 6) is 1.44. The monoisotopic (exact) mass is 261 g/mol. The van der Waals surface area contributed by atoms with Crippen LogP contribution >= 0.6 is 0 Å². The van der Waals surface area contributed by atoms with Gasteiger partial charge in [-0.3, -0.25) is 0 Å². The zero-order chi connectivity index (χ0) is 13.2. The van der Waals surface area contributed by atoms with Crippen LogP contribution in [0.25, 0.3) is 5.78 Å². The fourth-order valence-electron chi connectivity index (χ4n) is 2.68. The number of nitrogens with one attached hydrogen (secondary N) is 1. The maximum absolute atomic E-state index is 10.2. The summed E-state index contributed by atoms with van der Waals surface area (Å²) in [6.45, 7) is 1.93. The van der Waals surface area contributed by atoms with Gasteiger partial charge in [-0.15, -0.1) is 0 Å².